The van der Waals surface area contributed by atoms with Gasteiger partial charge >= 0.3 is 0 Å². The highest BCUT2D eigenvalue weighted by Crippen LogP contribution is 2.38. The second-order valence-corrected chi connectivity index (χ2v) is 6.89. The predicted molar refractivity (Wildman–Crippen MR) is 95.4 cm³/mol. The Hall–Kier alpha value is -3.07. The lowest BCUT2D eigenvalue weighted by molar-refractivity contribution is -0.384. The molecule has 0 aliphatic rings. The van der Waals surface area contributed by atoms with Crippen LogP contribution in [-0.2, 0) is 9.84 Å². The molecule has 0 fully saturated rings. The number of nitro benzene ring substituents is 1. The van der Waals surface area contributed by atoms with Crippen LogP contribution in [-0.4, -0.2) is 34.7 Å². The van der Waals surface area contributed by atoms with Gasteiger partial charge in [0.2, 0.25) is 5.75 Å². The number of methoxy groups -OCH3 is 3. The van der Waals surface area contributed by atoms with Gasteiger partial charge < -0.3 is 14.2 Å². The highest BCUT2D eigenvalue weighted by atomic mass is 32.2. The molecule has 0 unspecified atom stereocenters. The van der Waals surface area contributed by atoms with Gasteiger partial charge in [0.15, 0.2) is 21.3 Å². The molecule has 2 rings (SSSR count). The number of hydrogen-bond acceptors (Lipinski definition) is 7. The Morgan fingerprint density at radius 2 is 1.50 bits per heavy atom. The maximum atomic E-state index is 12.4. The highest BCUT2D eigenvalue weighted by Gasteiger charge is 2.15. The standard InChI is InChI=1S/C17H17NO7S/c1-23-15-10-12(11-16(24-2)17(15)25-3)8-9-26(21,22)14-6-4-13(5-7-14)18(19)20/h4-11H,1-3H3. The zero-order valence-corrected chi connectivity index (χ0v) is 15.1. The monoisotopic (exact) mass is 379 g/mol. The zero-order chi connectivity index (χ0) is 19.3. The van der Waals surface area contributed by atoms with Gasteiger partial charge in [0.25, 0.3) is 5.69 Å². The van der Waals surface area contributed by atoms with Crippen LogP contribution in [0.4, 0.5) is 5.69 Å². The molecule has 2 aromatic rings. The normalized spacial score (nSPS) is 11.3. The van der Waals surface area contributed by atoms with E-state index in [0.29, 0.717) is 22.8 Å². The Kier molecular flexibility index (Phi) is 5.83. The van der Waals surface area contributed by atoms with Crippen LogP contribution < -0.4 is 14.2 Å². The van der Waals surface area contributed by atoms with E-state index < -0.39 is 14.8 Å². The van der Waals surface area contributed by atoms with Crippen LogP contribution in [0.5, 0.6) is 17.2 Å². The van der Waals surface area contributed by atoms with Gasteiger partial charge in [-0.3, -0.25) is 10.1 Å². The van der Waals surface area contributed by atoms with E-state index in [-0.39, 0.29) is 10.6 Å². The number of nitro groups is 1. The largest absolute Gasteiger partial charge is 0.493 e. The molecule has 2 aromatic carbocycles. The summed E-state index contributed by atoms with van der Waals surface area (Å²) in [7, 11) is 0.609. The first-order chi connectivity index (χ1) is 12.3. The van der Waals surface area contributed by atoms with E-state index in [1.807, 2.05) is 0 Å². The molecule has 0 heterocycles. The fourth-order valence-electron chi connectivity index (χ4n) is 2.20. The molecule has 0 amide bonds. The minimum absolute atomic E-state index is 0.0493. The number of sulfone groups is 1. The highest BCUT2D eigenvalue weighted by molar-refractivity contribution is 7.94. The summed E-state index contributed by atoms with van der Waals surface area (Å²) in [6.45, 7) is 0. The first kappa shape index (κ1) is 19.3. The summed E-state index contributed by atoms with van der Waals surface area (Å²) in [5.74, 6) is 1.17. The number of nitrogens with zero attached hydrogens (tertiary/aromatic N) is 1. The molecular weight excluding hydrogens is 362 g/mol. The quantitative estimate of drug-likeness (QED) is 0.538. The van der Waals surface area contributed by atoms with E-state index in [1.54, 1.807) is 12.1 Å². The number of hydrogen-bond donors (Lipinski definition) is 0. The van der Waals surface area contributed by atoms with E-state index in [4.69, 9.17) is 14.2 Å². The Bertz CT molecular complexity index is 909. The summed E-state index contributed by atoms with van der Waals surface area (Å²) in [6.07, 6.45) is 1.38. The summed E-state index contributed by atoms with van der Waals surface area (Å²) in [6, 6.07) is 7.85. The molecule has 8 nitrogen and oxygen atoms in total. The number of benzene rings is 2. The molecule has 0 aliphatic carbocycles. The number of ether oxygens (including phenoxy) is 3. The lowest BCUT2D eigenvalue weighted by atomic mass is 10.2. The average Bonchev–Trinajstić information content (AvgIpc) is 2.65. The summed E-state index contributed by atoms with van der Waals surface area (Å²) in [5, 5.41) is 11.7. The predicted octanol–water partition coefficient (Wildman–Crippen LogP) is 3.07. The molecule has 0 spiro atoms. The first-order valence-electron chi connectivity index (χ1n) is 7.30. The van der Waals surface area contributed by atoms with Crippen molar-refractivity contribution in [2.24, 2.45) is 0 Å². The minimum atomic E-state index is -3.77. The van der Waals surface area contributed by atoms with Crippen molar-refractivity contribution < 1.29 is 27.6 Å². The zero-order valence-electron chi connectivity index (χ0n) is 14.3. The van der Waals surface area contributed by atoms with Crippen molar-refractivity contribution in [2.45, 2.75) is 4.90 Å². The molecule has 138 valence electrons. The van der Waals surface area contributed by atoms with E-state index in [1.165, 1.54) is 39.5 Å². The van der Waals surface area contributed by atoms with Crippen LogP contribution in [0.2, 0.25) is 0 Å². The third-order valence-electron chi connectivity index (χ3n) is 3.50. The van der Waals surface area contributed by atoms with Gasteiger partial charge in [0.05, 0.1) is 31.1 Å². The fraction of sp³-hybridized carbons (Fsp3) is 0.176. The van der Waals surface area contributed by atoms with Crippen LogP contribution in [0, 0.1) is 10.1 Å². The van der Waals surface area contributed by atoms with Gasteiger partial charge in [0.1, 0.15) is 0 Å². The number of non-ortho nitro benzene ring substituents is 1. The maximum Gasteiger partial charge on any atom is 0.269 e. The maximum absolute atomic E-state index is 12.4. The second-order valence-electron chi connectivity index (χ2n) is 5.06. The average molecular weight is 379 g/mol. The summed E-state index contributed by atoms with van der Waals surface area (Å²) in [4.78, 5) is 10.0. The summed E-state index contributed by atoms with van der Waals surface area (Å²) >= 11 is 0. The molecule has 0 saturated carbocycles. The van der Waals surface area contributed by atoms with Crippen LogP contribution in [0.25, 0.3) is 6.08 Å². The van der Waals surface area contributed by atoms with Crippen molar-refractivity contribution in [1.82, 2.24) is 0 Å². The van der Waals surface area contributed by atoms with E-state index in [2.05, 4.69) is 0 Å². The molecule has 0 saturated heterocycles. The number of rotatable bonds is 7. The smallest absolute Gasteiger partial charge is 0.269 e. The lowest BCUT2D eigenvalue weighted by Gasteiger charge is -2.12. The van der Waals surface area contributed by atoms with Crippen LogP contribution in [0.3, 0.4) is 0 Å². The third-order valence-corrected chi connectivity index (χ3v) is 4.93. The Balaban J connectivity index is 2.37. The van der Waals surface area contributed by atoms with Crippen molar-refractivity contribution >= 4 is 21.6 Å². The van der Waals surface area contributed by atoms with Gasteiger partial charge in [-0.1, -0.05) is 0 Å². The Labute approximate surface area is 150 Å². The Morgan fingerprint density at radius 1 is 0.962 bits per heavy atom. The molecule has 0 N–H and O–H groups in total. The minimum Gasteiger partial charge on any atom is -0.493 e. The van der Waals surface area contributed by atoms with E-state index >= 15 is 0 Å². The summed E-state index contributed by atoms with van der Waals surface area (Å²) < 4.78 is 40.4. The molecule has 0 aliphatic heterocycles. The SMILES string of the molecule is COc1cc(C=CS(=O)(=O)c2ccc([N+](=O)[O-])cc2)cc(OC)c1OC. The summed E-state index contributed by atoms with van der Waals surface area (Å²) in [5.41, 5.74) is 0.336. The lowest BCUT2D eigenvalue weighted by Crippen LogP contribution is -1.98. The van der Waals surface area contributed by atoms with Crippen molar-refractivity contribution in [3.8, 4) is 17.2 Å². The molecule has 26 heavy (non-hydrogen) atoms. The molecule has 0 aromatic heterocycles. The van der Waals surface area contributed by atoms with Crippen molar-refractivity contribution in [1.29, 1.82) is 0 Å². The fourth-order valence-corrected chi connectivity index (χ4v) is 3.21. The van der Waals surface area contributed by atoms with Crippen molar-refractivity contribution in [3.63, 3.8) is 0 Å². The van der Waals surface area contributed by atoms with Gasteiger partial charge in [-0.05, 0) is 35.9 Å². The van der Waals surface area contributed by atoms with Gasteiger partial charge in [-0.15, -0.1) is 0 Å². The second kappa shape index (κ2) is 7.87. The van der Waals surface area contributed by atoms with Crippen LogP contribution >= 0.6 is 0 Å². The van der Waals surface area contributed by atoms with E-state index in [9.17, 15) is 18.5 Å². The first-order valence-corrected chi connectivity index (χ1v) is 8.84. The van der Waals surface area contributed by atoms with Gasteiger partial charge in [0, 0.05) is 17.5 Å². The Morgan fingerprint density at radius 3 is 1.92 bits per heavy atom. The van der Waals surface area contributed by atoms with Crippen LogP contribution in [0.1, 0.15) is 5.56 Å². The molecule has 9 heteroatoms. The van der Waals surface area contributed by atoms with Gasteiger partial charge in [-0.25, -0.2) is 8.42 Å². The van der Waals surface area contributed by atoms with Crippen molar-refractivity contribution in [2.75, 3.05) is 21.3 Å². The molecule has 0 atom stereocenters. The topological polar surface area (TPSA) is 105 Å². The molecule has 0 bridgehead atoms. The third kappa shape index (κ3) is 4.12. The van der Waals surface area contributed by atoms with Gasteiger partial charge in [-0.2, -0.15) is 0 Å². The van der Waals surface area contributed by atoms with Crippen LogP contribution in [0.15, 0.2) is 46.7 Å². The molecular formula is C17H17NO7S. The van der Waals surface area contributed by atoms with E-state index in [0.717, 1.165) is 17.5 Å². The molecule has 0 radical (unpaired) electrons. The van der Waals surface area contributed by atoms with Crippen molar-refractivity contribution in [3.05, 3.63) is 57.5 Å².